The summed E-state index contributed by atoms with van der Waals surface area (Å²) in [6.07, 6.45) is 0.207. The van der Waals surface area contributed by atoms with Crippen molar-refractivity contribution >= 4 is 66.9 Å². The standard InChI is InChI=1S/C22H22B4ClF2N3O4/c23-21(24)8-16(18(34)32(26)19(21)35)30-10-12-7-11(1-6-15(12)17(30)33)9-31(25)20(36)22(28,29)13-2-4-14(27)5-3-13/h1-7,16H,8-10,23-26H2. The predicted octanol–water partition coefficient (Wildman–Crippen LogP) is -0.978. The Morgan fingerprint density at radius 2 is 1.78 bits per heavy atom. The molecule has 0 aromatic heterocycles. The third-order valence-electron chi connectivity index (χ3n) is 6.82. The van der Waals surface area contributed by atoms with Gasteiger partial charge < -0.3 is 14.5 Å². The molecule has 2 aromatic rings. The molecule has 7 nitrogen and oxygen atoms in total. The second kappa shape index (κ2) is 9.10. The van der Waals surface area contributed by atoms with E-state index in [0.29, 0.717) is 16.7 Å². The van der Waals surface area contributed by atoms with Crippen LogP contribution in [0.4, 0.5) is 8.78 Å². The Hall–Kier alpha value is -3.07. The van der Waals surface area contributed by atoms with Crippen molar-refractivity contribution in [2.24, 2.45) is 0 Å². The molecule has 0 saturated carbocycles. The number of hydrogen-bond acceptors (Lipinski definition) is 4. The van der Waals surface area contributed by atoms with Gasteiger partial charge in [0.1, 0.15) is 21.7 Å². The second-order valence-electron chi connectivity index (χ2n) is 9.97. The molecule has 1 saturated heterocycles. The fraction of sp³-hybridized carbons (Fsp3) is 0.273. The van der Waals surface area contributed by atoms with Gasteiger partial charge in [-0.3, -0.25) is 19.2 Å². The molecule has 0 radical (unpaired) electrons. The molecule has 0 N–H and O–H groups in total. The molecule has 182 valence electrons. The zero-order valence-corrected chi connectivity index (χ0v) is 21.1. The topological polar surface area (TPSA) is 78.0 Å². The van der Waals surface area contributed by atoms with Gasteiger partial charge in [-0.05, 0) is 41.0 Å². The summed E-state index contributed by atoms with van der Waals surface area (Å²) in [6.45, 7) is 0.0469. The van der Waals surface area contributed by atoms with Crippen molar-refractivity contribution in [2.75, 3.05) is 0 Å². The summed E-state index contributed by atoms with van der Waals surface area (Å²) >= 11 is 5.76. The van der Waals surface area contributed by atoms with Crippen LogP contribution in [0, 0.1) is 0 Å². The maximum Gasteiger partial charge on any atom is 0.348 e. The molecule has 1 unspecified atom stereocenters. The number of fused-ring (bicyclic) bond motifs is 1. The number of imide groups is 1. The van der Waals surface area contributed by atoms with Crippen LogP contribution in [0.15, 0.2) is 42.5 Å². The second-order valence-corrected chi connectivity index (χ2v) is 10.4. The lowest BCUT2D eigenvalue weighted by molar-refractivity contribution is -0.154. The zero-order chi connectivity index (χ0) is 26.6. The first-order valence-electron chi connectivity index (χ1n) is 11.4. The highest BCUT2D eigenvalue weighted by Crippen LogP contribution is 2.37. The number of amides is 4. The summed E-state index contributed by atoms with van der Waals surface area (Å²) in [4.78, 5) is 54.3. The molecule has 14 heteroatoms. The zero-order valence-electron chi connectivity index (χ0n) is 20.3. The van der Waals surface area contributed by atoms with E-state index in [1.165, 1.54) is 33.0 Å². The van der Waals surface area contributed by atoms with Gasteiger partial charge in [0.05, 0.1) is 0 Å². The van der Waals surface area contributed by atoms with E-state index in [9.17, 15) is 28.0 Å². The van der Waals surface area contributed by atoms with Crippen molar-refractivity contribution in [3.05, 3.63) is 69.7 Å². The lowest BCUT2D eigenvalue weighted by Gasteiger charge is -2.42. The molecule has 4 rings (SSSR count). The van der Waals surface area contributed by atoms with Gasteiger partial charge in [0.2, 0.25) is 27.8 Å². The summed E-state index contributed by atoms with van der Waals surface area (Å²) in [5.74, 6) is -6.16. The van der Waals surface area contributed by atoms with Gasteiger partial charge in [-0.2, -0.15) is 8.78 Å². The molecule has 2 aliphatic heterocycles. The first-order valence-corrected chi connectivity index (χ1v) is 11.8. The van der Waals surface area contributed by atoms with Crippen LogP contribution in [0.5, 0.6) is 0 Å². The average molecular weight is 509 g/mol. The SMILES string of the molecule is BN(Cc1ccc2c(c1)CN(C1CC(B)(B)C(=O)N(B)C1=O)C2=O)C(=O)C(F)(F)c1ccc(Cl)cc1. The summed E-state index contributed by atoms with van der Waals surface area (Å²) < 4.78 is 29.6. The Bertz CT molecular complexity index is 1280. The number of hydrogen-bond donors (Lipinski definition) is 0. The lowest BCUT2D eigenvalue weighted by Crippen LogP contribution is -2.59. The maximum absolute atomic E-state index is 14.8. The lowest BCUT2D eigenvalue weighted by atomic mass is 9.49. The molecule has 4 amide bonds. The third kappa shape index (κ3) is 4.45. The van der Waals surface area contributed by atoms with Crippen LogP contribution in [-0.2, 0) is 33.4 Å². The number of benzene rings is 2. The van der Waals surface area contributed by atoms with Gasteiger partial charge in [-0.15, -0.1) is 0 Å². The van der Waals surface area contributed by atoms with Crippen molar-refractivity contribution in [3.63, 3.8) is 0 Å². The predicted molar refractivity (Wildman–Crippen MR) is 139 cm³/mol. The quantitative estimate of drug-likeness (QED) is 0.384. The summed E-state index contributed by atoms with van der Waals surface area (Å²) in [5.41, 5.74) is 1.15. The van der Waals surface area contributed by atoms with Crippen LogP contribution >= 0.6 is 11.6 Å². The summed E-state index contributed by atoms with van der Waals surface area (Å²) in [7, 11) is 6.18. The molecular weight excluding hydrogens is 487 g/mol. The van der Waals surface area contributed by atoms with Gasteiger partial charge in [0.25, 0.3) is 11.8 Å². The Morgan fingerprint density at radius 3 is 2.42 bits per heavy atom. The third-order valence-corrected chi connectivity index (χ3v) is 7.07. The first-order chi connectivity index (χ1) is 16.7. The number of nitrogens with zero attached hydrogens (tertiary/aromatic N) is 3. The Labute approximate surface area is 215 Å². The van der Waals surface area contributed by atoms with E-state index < -0.39 is 34.6 Å². The minimum Gasteiger partial charge on any atom is -0.384 e. The number of piperidine rings is 1. The Kier molecular flexibility index (Phi) is 6.58. The van der Waals surface area contributed by atoms with Gasteiger partial charge >= 0.3 is 5.92 Å². The van der Waals surface area contributed by atoms with E-state index in [1.807, 2.05) is 0 Å². The van der Waals surface area contributed by atoms with Crippen LogP contribution in [0.3, 0.4) is 0 Å². The van der Waals surface area contributed by atoms with Crippen LogP contribution in [0.25, 0.3) is 0 Å². The average Bonchev–Trinajstić information content (AvgIpc) is 3.15. The van der Waals surface area contributed by atoms with Crippen LogP contribution < -0.4 is 0 Å². The van der Waals surface area contributed by atoms with Gasteiger partial charge in [0.15, 0.2) is 0 Å². The van der Waals surface area contributed by atoms with E-state index in [4.69, 9.17) is 11.6 Å². The summed E-state index contributed by atoms with van der Waals surface area (Å²) in [6, 6.07) is 8.91. The largest absolute Gasteiger partial charge is 0.384 e. The number of carbonyl (C=O) groups excluding carboxylic acids is 4. The smallest absolute Gasteiger partial charge is 0.348 e. The van der Waals surface area contributed by atoms with E-state index >= 15 is 0 Å². The van der Waals surface area contributed by atoms with E-state index in [1.54, 1.807) is 33.9 Å². The van der Waals surface area contributed by atoms with Crippen molar-refractivity contribution in [3.8, 4) is 0 Å². The molecule has 1 atom stereocenters. The molecule has 2 aromatic carbocycles. The maximum atomic E-state index is 14.8. The Balaban J connectivity index is 1.51. The van der Waals surface area contributed by atoms with E-state index in [2.05, 4.69) is 0 Å². The highest BCUT2D eigenvalue weighted by atomic mass is 35.5. The van der Waals surface area contributed by atoms with E-state index in [-0.39, 0.29) is 36.3 Å². The van der Waals surface area contributed by atoms with Crippen molar-refractivity contribution in [1.82, 2.24) is 14.5 Å². The molecule has 2 heterocycles. The monoisotopic (exact) mass is 509 g/mol. The van der Waals surface area contributed by atoms with Crippen molar-refractivity contribution < 1.29 is 28.0 Å². The molecule has 36 heavy (non-hydrogen) atoms. The normalized spacial score (nSPS) is 19.4. The fourth-order valence-electron chi connectivity index (χ4n) is 4.79. The number of carbonyl (C=O) groups is 4. The molecule has 0 aliphatic carbocycles. The first kappa shape index (κ1) is 26.0. The fourth-order valence-corrected chi connectivity index (χ4v) is 4.92. The number of rotatable bonds is 5. The van der Waals surface area contributed by atoms with Crippen LogP contribution in [0.2, 0.25) is 10.2 Å². The number of alkyl halides is 2. The van der Waals surface area contributed by atoms with Gasteiger partial charge in [0, 0.05) is 29.2 Å². The van der Waals surface area contributed by atoms with Crippen molar-refractivity contribution in [1.29, 1.82) is 0 Å². The molecule has 2 aliphatic rings. The van der Waals surface area contributed by atoms with Crippen molar-refractivity contribution in [2.45, 2.75) is 36.7 Å². The van der Waals surface area contributed by atoms with E-state index in [0.717, 1.165) is 21.8 Å². The van der Waals surface area contributed by atoms with Gasteiger partial charge in [-0.1, -0.05) is 35.9 Å². The Morgan fingerprint density at radius 1 is 1.14 bits per heavy atom. The minimum atomic E-state index is -3.74. The number of halogens is 3. The molecule has 0 bridgehead atoms. The molecule has 0 spiro atoms. The minimum absolute atomic E-state index is 0.101. The van der Waals surface area contributed by atoms with Crippen LogP contribution in [0.1, 0.15) is 33.5 Å². The molecule has 1 fully saturated rings. The highest BCUT2D eigenvalue weighted by molar-refractivity contribution is 6.54. The van der Waals surface area contributed by atoms with Crippen LogP contribution in [-0.4, -0.2) is 75.8 Å². The molecular formula is C22H22B4ClF2N3O4. The highest BCUT2D eigenvalue weighted by Gasteiger charge is 2.48. The van der Waals surface area contributed by atoms with Gasteiger partial charge in [-0.25, -0.2) is 0 Å². The summed E-state index contributed by atoms with van der Waals surface area (Å²) in [5, 5.41) is -0.514.